The number of aliphatic hydroxyl groups excluding tert-OH is 1. The zero-order valence-electron chi connectivity index (χ0n) is 18.6. The minimum absolute atomic E-state index is 0.0178. The second kappa shape index (κ2) is 10.5. The molecule has 11 nitrogen and oxygen atoms in total. The number of hydrogen-bond donors (Lipinski definition) is 4. The highest BCUT2D eigenvalue weighted by molar-refractivity contribution is 6.33. The lowest BCUT2D eigenvalue weighted by Crippen LogP contribution is -2.49. The van der Waals surface area contributed by atoms with Crippen molar-refractivity contribution in [2.24, 2.45) is 5.92 Å². The second-order valence-corrected chi connectivity index (χ2v) is 9.08. The molecule has 0 spiro atoms. The van der Waals surface area contributed by atoms with Crippen LogP contribution in [0.2, 0.25) is 5.02 Å². The van der Waals surface area contributed by atoms with Gasteiger partial charge in [-0.15, -0.1) is 0 Å². The van der Waals surface area contributed by atoms with Gasteiger partial charge in [0.25, 0.3) is 11.5 Å². The molecule has 3 rings (SSSR count). The highest BCUT2D eigenvalue weighted by atomic mass is 35.5. The summed E-state index contributed by atoms with van der Waals surface area (Å²) in [7, 11) is 0. The summed E-state index contributed by atoms with van der Waals surface area (Å²) in [5, 5.41) is 36.0. The molecular weight excluding hydrogens is 468 g/mol. The van der Waals surface area contributed by atoms with Crippen molar-refractivity contribution in [1.29, 1.82) is 0 Å². The number of carboxylic acids is 1. The SMILES string of the molecule is CC(O)(Cn1c(=O)cnn(-c2ccc(Cl)c(C(=O)NC(O)C3CCCCCC3)c2)c1=O)C(=O)O. The average molecular weight is 495 g/mol. The Morgan fingerprint density at radius 1 is 1.24 bits per heavy atom. The van der Waals surface area contributed by atoms with Crippen molar-refractivity contribution in [3.05, 3.63) is 55.8 Å². The van der Waals surface area contributed by atoms with E-state index in [4.69, 9.17) is 16.7 Å². The molecule has 1 aromatic heterocycles. The Balaban J connectivity index is 1.90. The topological polar surface area (TPSA) is 164 Å². The van der Waals surface area contributed by atoms with Crippen LogP contribution in [-0.2, 0) is 11.3 Å². The fourth-order valence-corrected chi connectivity index (χ4v) is 4.11. The Morgan fingerprint density at radius 3 is 2.50 bits per heavy atom. The maximum atomic E-state index is 12.9. The van der Waals surface area contributed by atoms with Crippen LogP contribution in [0, 0.1) is 5.92 Å². The van der Waals surface area contributed by atoms with E-state index < -0.39 is 41.5 Å². The van der Waals surface area contributed by atoms with E-state index in [1.165, 1.54) is 18.2 Å². The maximum Gasteiger partial charge on any atom is 0.352 e. The molecule has 1 fully saturated rings. The second-order valence-electron chi connectivity index (χ2n) is 8.68. The molecule has 0 saturated heterocycles. The van der Waals surface area contributed by atoms with E-state index in [0.29, 0.717) is 4.57 Å². The van der Waals surface area contributed by atoms with Gasteiger partial charge in [0.2, 0.25) is 0 Å². The number of aromatic nitrogens is 3. The van der Waals surface area contributed by atoms with Crippen LogP contribution in [0.25, 0.3) is 5.69 Å². The average Bonchev–Trinajstić information content (AvgIpc) is 3.07. The Labute approximate surface area is 199 Å². The summed E-state index contributed by atoms with van der Waals surface area (Å²) in [5.74, 6) is -2.32. The minimum Gasteiger partial charge on any atom is -0.479 e. The lowest BCUT2D eigenvalue weighted by Gasteiger charge is -2.22. The number of carbonyl (C=O) groups excluding carboxylic acids is 1. The van der Waals surface area contributed by atoms with Gasteiger partial charge in [0.15, 0.2) is 5.60 Å². The number of nitrogens with one attached hydrogen (secondary N) is 1. The van der Waals surface area contributed by atoms with E-state index in [2.05, 4.69) is 10.4 Å². The van der Waals surface area contributed by atoms with Crippen molar-refractivity contribution in [3.63, 3.8) is 0 Å². The highest BCUT2D eigenvalue weighted by Gasteiger charge is 2.32. The minimum atomic E-state index is -2.37. The summed E-state index contributed by atoms with van der Waals surface area (Å²) in [5.41, 5.74) is -4.23. The van der Waals surface area contributed by atoms with E-state index in [1.54, 1.807) is 0 Å². The fraction of sp³-hybridized carbons (Fsp3) is 0.500. The molecule has 1 heterocycles. The number of carbonyl (C=O) groups is 2. The first-order valence-electron chi connectivity index (χ1n) is 10.9. The molecule has 0 aliphatic heterocycles. The van der Waals surface area contributed by atoms with Gasteiger partial charge in [0, 0.05) is 5.92 Å². The van der Waals surface area contributed by atoms with E-state index in [0.717, 1.165) is 56.3 Å². The lowest BCUT2D eigenvalue weighted by molar-refractivity contribution is -0.158. The van der Waals surface area contributed by atoms with Crippen LogP contribution < -0.4 is 16.6 Å². The van der Waals surface area contributed by atoms with Gasteiger partial charge >= 0.3 is 11.7 Å². The molecule has 1 aliphatic carbocycles. The first-order chi connectivity index (χ1) is 16.0. The molecule has 1 aliphatic rings. The number of nitrogens with zero attached hydrogens (tertiary/aromatic N) is 3. The third-order valence-electron chi connectivity index (χ3n) is 5.95. The van der Waals surface area contributed by atoms with Gasteiger partial charge in [-0.3, -0.25) is 14.2 Å². The summed E-state index contributed by atoms with van der Waals surface area (Å²) < 4.78 is 1.32. The molecule has 2 unspecified atom stereocenters. The summed E-state index contributed by atoms with van der Waals surface area (Å²) in [6.45, 7) is 0.146. The van der Waals surface area contributed by atoms with Gasteiger partial charge in [0.1, 0.15) is 12.4 Å². The third-order valence-corrected chi connectivity index (χ3v) is 6.28. The van der Waals surface area contributed by atoms with Gasteiger partial charge in [-0.25, -0.2) is 9.59 Å². The molecule has 1 amide bonds. The van der Waals surface area contributed by atoms with Crippen molar-refractivity contribution in [3.8, 4) is 5.69 Å². The quantitative estimate of drug-likeness (QED) is 0.325. The largest absolute Gasteiger partial charge is 0.479 e. The molecule has 1 aromatic carbocycles. The highest BCUT2D eigenvalue weighted by Crippen LogP contribution is 2.25. The van der Waals surface area contributed by atoms with Gasteiger partial charge < -0.3 is 20.6 Å². The van der Waals surface area contributed by atoms with Crippen LogP contribution in [0.5, 0.6) is 0 Å². The predicted molar refractivity (Wildman–Crippen MR) is 122 cm³/mol. The monoisotopic (exact) mass is 494 g/mol. The normalized spacial score (nSPS) is 17.4. The summed E-state index contributed by atoms with van der Waals surface area (Å²) in [6.07, 6.45) is 5.50. The number of hydrogen-bond acceptors (Lipinski definition) is 7. The van der Waals surface area contributed by atoms with Crippen molar-refractivity contribution in [1.82, 2.24) is 19.7 Å². The van der Waals surface area contributed by atoms with Crippen LogP contribution >= 0.6 is 11.6 Å². The van der Waals surface area contributed by atoms with Crippen LogP contribution in [0.4, 0.5) is 0 Å². The number of aliphatic carboxylic acids is 1. The van der Waals surface area contributed by atoms with E-state index in [1.807, 2.05) is 0 Å². The number of rotatable bonds is 7. The summed E-state index contributed by atoms with van der Waals surface area (Å²) in [4.78, 5) is 49.0. The van der Waals surface area contributed by atoms with E-state index in [9.17, 15) is 29.4 Å². The Morgan fingerprint density at radius 2 is 1.88 bits per heavy atom. The van der Waals surface area contributed by atoms with Gasteiger partial charge in [0.05, 0.1) is 22.8 Å². The zero-order valence-corrected chi connectivity index (χ0v) is 19.4. The van der Waals surface area contributed by atoms with Crippen LogP contribution in [0.1, 0.15) is 55.8 Å². The van der Waals surface area contributed by atoms with E-state index >= 15 is 0 Å². The third kappa shape index (κ3) is 5.72. The Bertz CT molecular complexity index is 1180. The van der Waals surface area contributed by atoms with Gasteiger partial charge in [-0.2, -0.15) is 9.78 Å². The Kier molecular flexibility index (Phi) is 7.90. The van der Waals surface area contributed by atoms with Crippen LogP contribution in [0.3, 0.4) is 0 Å². The van der Waals surface area contributed by atoms with Crippen molar-refractivity contribution >= 4 is 23.5 Å². The number of amides is 1. The summed E-state index contributed by atoms with van der Waals surface area (Å²) in [6, 6.07) is 4.02. The molecule has 184 valence electrons. The van der Waals surface area contributed by atoms with Gasteiger partial charge in [-0.1, -0.05) is 37.3 Å². The molecule has 0 radical (unpaired) electrons. The Hall–Kier alpha value is -3.02. The van der Waals surface area contributed by atoms with Crippen molar-refractivity contribution in [2.75, 3.05) is 0 Å². The van der Waals surface area contributed by atoms with Gasteiger partial charge in [-0.05, 0) is 38.0 Å². The first kappa shape index (κ1) is 25.6. The zero-order chi connectivity index (χ0) is 25.0. The number of halogens is 1. The maximum absolute atomic E-state index is 12.9. The molecule has 2 aromatic rings. The number of benzene rings is 1. The molecule has 12 heteroatoms. The van der Waals surface area contributed by atoms with E-state index in [-0.39, 0.29) is 22.2 Å². The molecule has 0 bridgehead atoms. The first-order valence-corrected chi connectivity index (χ1v) is 11.3. The van der Waals surface area contributed by atoms with Crippen LogP contribution in [-0.4, -0.2) is 53.4 Å². The fourth-order valence-electron chi connectivity index (χ4n) is 3.91. The number of aliphatic hydroxyl groups is 2. The number of carboxylic acid groups (broad SMARTS) is 1. The standard InChI is InChI=1S/C22H27ClN4O7/c1-22(34,20(31)32)12-26-17(28)11-24-27(21(26)33)14-8-9-16(23)15(10-14)19(30)25-18(29)13-6-4-2-3-5-7-13/h8-11,13,18,29,34H,2-7,12H2,1H3,(H,25,30)(H,31,32). The van der Waals surface area contributed by atoms with Crippen molar-refractivity contribution < 1.29 is 24.9 Å². The molecule has 4 N–H and O–H groups in total. The molecule has 1 saturated carbocycles. The lowest BCUT2D eigenvalue weighted by atomic mass is 9.98. The van der Waals surface area contributed by atoms with Crippen LogP contribution in [0.15, 0.2) is 34.0 Å². The molecular formula is C22H27ClN4O7. The molecule has 34 heavy (non-hydrogen) atoms. The predicted octanol–water partition coefficient (Wildman–Crippen LogP) is 0.902. The smallest absolute Gasteiger partial charge is 0.352 e. The molecule has 2 atom stereocenters. The summed E-state index contributed by atoms with van der Waals surface area (Å²) >= 11 is 6.19. The van der Waals surface area contributed by atoms with Crippen molar-refractivity contribution in [2.45, 2.75) is 63.8 Å².